The van der Waals surface area contributed by atoms with Gasteiger partial charge < -0.3 is 5.32 Å². The molecule has 1 amide bonds. The molecule has 3 rings (SSSR count). The van der Waals surface area contributed by atoms with E-state index >= 15 is 0 Å². The van der Waals surface area contributed by atoms with E-state index in [-0.39, 0.29) is 11.1 Å². The van der Waals surface area contributed by atoms with Gasteiger partial charge in [0.05, 0.1) is 10.2 Å². The van der Waals surface area contributed by atoms with Crippen molar-refractivity contribution >= 4 is 28.9 Å². The molecule has 128 valence electrons. The third-order valence-electron chi connectivity index (χ3n) is 3.72. The van der Waals surface area contributed by atoms with Crippen LogP contribution in [0.1, 0.15) is 5.56 Å². The fraction of sp³-hybridized carbons (Fsp3) is 0.0500. The van der Waals surface area contributed by atoms with Crippen LogP contribution in [0.5, 0.6) is 0 Å². The van der Waals surface area contributed by atoms with Crippen LogP contribution in [0, 0.1) is 11.3 Å². The number of amides is 1. The molecule has 0 bridgehead atoms. The SMILES string of the molecule is CNC(=O)C(C#N)=c1sc(=Cc2ccccc2)c(=O)n1-c1ccccc1. The molecule has 0 radical (unpaired) electrons. The average molecular weight is 361 g/mol. The van der Waals surface area contributed by atoms with Gasteiger partial charge in [-0.3, -0.25) is 14.2 Å². The molecule has 3 aromatic rings. The number of carbonyl (C=O) groups excluding carboxylic acids is 1. The van der Waals surface area contributed by atoms with Gasteiger partial charge in [0.1, 0.15) is 10.7 Å². The Morgan fingerprint density at radius 1 is 1.12 bits per heavy atom. The van der Waals surface area contributed by atoms with Gasteiger partial charge in [0.2, 0.25) is 0 Å². The van der Waals surface area contributed by atoms with Crippen molar-refractivity contribution in [3.63, 3.8) is 0 Å². The smallest absolute Gasteiger partial charge is 0.273 e. The molecule has 1 N–H and O–H groups in total. The molecule has 0 aliphatic rings. The van der Waals surface area contributed by atoms with Crippen LogP contribution in [0.4, 0.5) is 0 Å². The van der Waals surface area contributed by atoms with Crippen molar-refractivity contribution in [1.82, 2.24) is 9.88 Å². The zero-order chi connectivity index (χ0) is 18.5. The van der Waals surface area contributed by atoms with Crippen molar-refractivity contribution in [3.8, 4) is 11.8 Å². The number of para-hydroxylation sites is 1. The van der Waals surface area contributed by atoms with Gasteiger partial charge >= 0.3 is 0 Å². The molecule has 0 atom stereocenters. The second-order valence-corrected chi connectivity index (χ2v) is 6.40. The number of nitrogens with one attached hydrogen (secondary N) is 1. The molecule has 6 heteroatoms. The molecular weight excluding hydrogens is 346 g/mol. The fourth-order valence-electron chi connectivity index (χ4n) is 2.48. The topological polar surface area (TPSA) is 74.9 Å². The van der Waals surface area contributed by atoms with Gasteiger partial charge in [0.15, 0.2) is 5.57 Å². The third kappa shape index (κ3) is 3.34. The Kier molecular flexibility index (Phi) is 5.11. The van der Waals surface area contributed by atoms with Crippen LogP contribution in [-0.4, -0.2) is 17.5 Å². The zero-order valence-electron chi connectivity index (χ0n) is 14.0. The monoisotopic (exact) mass is 361 g/mol. The summed E-state index contributed by atoms with van der Waals surface area (Å²) in [6.45, 7) is 0. The van der Waals surface area contributed by atoms with Gasteiger partial charge in [0, 0.05) is 7.05 Å². The summed E-state index contributed by atoms with van der Waals surface area (Å²) in [6, 6.07) is 20.3. The average Bonchev–Trinajstić information content (AvgIpc) is 2.99. The zero-order valence-corrected chi connectivity index (χ0v) is 14.8. The van der Waals surface area contributed by atoms with Crippen molar-refractivity contribution in [1.29, 1.82) is 5.26 Å². The molecule has 0 aliphatic carbocycles. The first-order valence-electron chi connectivity index (χ1n) is 7.86. The van der Waals surface area contributed by atoms with Crippen LogP contribution in [0.15, 0.2) is 65.5 Å². The maximum Gasteiger partial charge on any atom is 0.273 e. The Morgan fingerprint density at radius 3 is 2.31 bits per heavy atom. The van der Waals surface area contributed by atoms with Gasteiger partial charge in [-0.2, -0.15) is 5.26 Å². The van der Waals surface area contributed by atoms with E-state index < -0.39 is 5.91 Å². The minimum atomic E-state index is -0.523. The summed E-state index contributed by atoms with van der Waals surface area (Å²) in [6.07, 6.45) is 1.76. The highest BCUT2D eigenvalue weighted by atomic mass is 32.1. The Morgan fingerprint density at radius 2 is 1.73 bits per heavy atom. The second-order valence-electron chi connectivity index (χ2n) is 5.37. The quantitative estimate of drug-likeness (QED) is 0.760. The lowest BCUT2D eigenvalue weighted by molar-refractivity contribution is -0.115. The molecule has 0 saturated heterocycles. The fourth-order valence-corrected chi connectivity index (χ4v) is 3.58. The van der Waals surface area contributed by atoms with Crippen molar-refractivity contribution in [3.05, 3.63) is 85.8 Å². The van der Waals surface area contributed by atoms with E-state index in [9.17, 15) is 14.9 Å². The molecule has 0 spiro atoms. The number of carbonyl (C=O) groups is 1. The highest BCUT2D eigenvalue weighted by Gasteiger charge is 2.15. The lowest BCUT2D eigenvalue weighted by Gasteiger charge is -2.02. The van der Waals surface area contributed by atoms with Gasteiger partial charge in [-0.1, -0.05) is 48.5 Å². The predicted octanol–water partition coefficient (Wildman–Crippen LogP) is 1.15. The van der Waals surface area contributed by atoms with E-state index in [2.05, 4.69) is 5.32 Å². The van der Waals surface area contributed by atoms with E-state index in [0.717, 1.165) is 16.9 Å². The van der Waals surface area contributed by atoms with Crippen LogP contribution >= 0.6 is 11.3 Å². The molecule has 0 saturated carbocycles. The first-order chi connectivity index (χ1) is 12.7. The third-order valence-corrected chi connectivity index (χ3v) is 4.81. The van der Waals surface area contributed by atoms with Gasteiger partial charge in [-0.25, -0.2) is 0 Å². The Bertz CT molecular complexity index is 1150. The number of benzene rings is 2. The highest BCUT2D eigenvalue weighted by Crippen LogP contribution is 2.04. The molecule has 26 heavy (non-hydrogen) atoms. The maximum absolute atomic E-state index is 13.0. The van der Waals surface area contributed by atoms with E-state index in [1.807, 2.05) is 42.5 Å². The predicted molar refractivity (Wildman–Crippen MR) is 102 cm³/mol. The second kappa shape index (κ2) is 7.64. The van der Waals surface area contributed by atoms with Crippen molar-refractivity contribution in [2.75, 3.05) is 7.05 Å². The number of aromatic nitrogens is 1. The standard InChI is InChI=1S/C20H15N3O2S/c1-22-18(24)16(13-21)20-23(15-10-6-3-7-11-15)19(25)17(26-20)12-14-8-4-2-5-9-14/h2-12H,1H3,(H,22,24). The summed E-state index contributed by atoms with van der Waals surface area (Å²) in [5.74, 6) is -0.523. The van der Waals surface area contributed by atoms with Crippen LogP contribution in [0.2, 0.25) is 0 Å². The minimum Gasteiger partial charge on any atom is -0.354 e. The molecule has 0 fully saturated rings. The van der Waals surface area contributed by atoms with Crippen molar-refractivity contribution in [2.45, 2.75) is 0 Å². The van der Waals surface area contributed by atoms with Gasteiger partial charge in [-0.05, 0) is 23.8 Å². The molecule has 0 aliphatic heterocycles. The summed E-state index contributed by atoms with van der Waals surface area (Å²) >= 11 is 1.13. The van der Waals surface area contributed by atoms with Crippen molar-refractivity contribution in [2.24, 2.45) is 0 Å². The van der Waals surface area contributed by atoms with E-state index in [4.69, 9.17) is 0 Å². The number of nitriles is 1. The molecular formula is C20H15N3O2S. The summed E-state index contributed by atoms with van der Waals surface area (Å²) in [7, 11) is 1.45. The number of thiazole rings is 1. The molecule has 1 heterocycles. The van der Waals surface area contributed by atoms with Crippen LogP contribution in [0.3, 0.4) is 0 Å². The summed E-state index contributed by atoms with van der Waals surface area (Å²) in [5.41, 5.74) is 1.12. The van der Waals surface area contributed by atoms with Crippen LogP contribution < -0.4 is 20.1 Å². The molecule has 5 nitrogen and oxygen atoms in total. The number of hydrogen-bond acceptors (Lipinski definition) is 4. The van der Waals surface area contributed by atoms with Crippen LogP contribution in [0.25, 0.3) is 17.3 Å². The summed E-state index contributed by atoms with van der Waals surface area (Å²) in [5, 5.41) is 11.9. The maximum atomic E-state index is 13.0. The normalized spacial score (nSPS) is 12.4. The van der Waals surface area contributed by atoms with Gasteiger partial charge in [0.25, 0.3) is 11.5 Å². The molecule has 1 aromatic heterocycles. The molecule has 2 aromatic carbocycles. The van der Waals surface area contributed by atoms with Crippen molar-refractivity contribution < 1.29 is 4.79 Å². The van der Waals surface area contributed by atoms with E-state index in [1.54, 1.807) is 30.3 Å². The van der Waals surface area contributed by atoms with Crippen LogP contribution in [-0.2, 0) is 4.79 Å². The summed E-state index contributed by atoms with van der Waals surface area (Å²) in [4.78, 5) is 25.1. The number of rotatable bonds is 3. The minimum absolute atomic E-state index is 0.0915. The lowest BCUT2D eigenvalue weighted by Crippen LogP contribution is -2.33. The summed E-state index contributed by atoms with van der Waals surface area (Å²) < 4.78 is 2.17. The van der Waals surface area contributed by atoms with Gasteiger partial charge in [-0.15, -0.1) is 11.3 Å². The lowest BCUT2D eigenvalue weighted by atomic mass is 10.2. The van der Waals surface area contributed by atoms with E-state index in [1.165, 1.54) is 11.6 Å². The Balaban J connectivity index is 2.42. The largest absolute Gasteiger partial charge is 0.354 e. The number of hydrogen-bond donors (Lipinski definition) is 1. The number of nitrogens with zero attached hydrogens (tertiary/aromatic N) is 2. The van der Waals surface area contributed by atoms with E-state index in [0.29, 0.717) is 14.9 Å². The first-order valence-corrected chi connectivity index (χ1v) is 8.68. The highest BCUT2D eigenvalue weighted by molar-refractivity contribution is 7.07. The first kappa shape index (κ1) is 17.4. The Hall–Kier alpha value is -3.43. The Labute approximate surface area is 153 Å². The molecule has 0 unspecified atom stereocenters.